The number of hydrogen-bond acceptors (Lipinski definition) is 6. The Hall–Kier alpha value is -2.84. The third kappa shape index (κ3) is 3.38. The van der Waals surface area contributed by atoms with Gasteiger partial charge in [0.05, 0.1) is 0 Å². The topological polar surface area (TPSA) is 114 Å². The predicted octanol–water partition coefficient (Wildman–Crippen LogP) is 0.335. The maximum Gasteiger partial charge on any atom is 0.319 e. The molecule has 9 nitrogen and oxygen atoms in total. The molecule has 0 atom stereocenters. The first-order chi connectivity index (χ1) is 10.3. The largest absolute Gasteiger partial charge is 0.486 e. The third-order valence-electron chi connectivity index (χ3n) is 2.82. The van der Waals surface area contributed by atoms with Crippen LogP contribution in [0.4, 0.5) is 10.5 Å². The van der Waals surface area contributed by atoms with Crippen LogP contribution in [0.2, 0.25) is 0 Å². The summed E-state index contributed by atoms with van der Waals surface area (Å²) in [6.07, 6.45) is 0.505. The highest BCUT2D eigenvalue weighted by Gasteiger charge is 2.12. The van der Waals surface area contributed by atoms with Gasteiger partial charge in [-0.1, -0.05) is 5.21 Å². The van der Waals surface area contributed by atoms with Gasteiger partial charge in [0.15, 0.2) is 17.3 Å². The summed E-state index contributed by atoms with van der Waals surface area (Å²) in [6, 6.07) is 4.94. The predicted molar refractivity (Wildman–Crippen MR) is 72.3 cm³/mol. The lowest BCUT2D eigenvalue weighted by atomic mass is 10.2. The van der Waals surface area contributed by atoms with E-state index in [2.05, 4.69) is 31.3 Å². The smallest absolute Gasteiger partial charge is 0.319 e. The minimum absolute atomic E-state index is 0.310. The van der Waals surface area contributed by atoms with Gasteiger partial charge in [0.2, 0.25) is 0 Å². The molecular formula is C12H14N6O3. The highest BCUT2D eigenvalue weighted by Crippen LogP contribution is 2.32. The average molecular weight is 290 g/mol. The number of aromatic nitrogens is 4. The van der Waals surface area contributed by atoms with E-state index in [1.807, 2.05) is 0 Å². The summed E-state index contributed by atoms with van der Waals surface area (Å²) in [5, 5.41) is 18.8. The Kier molecular flexibility index (Phi) is 3.81. The van der Waals surface area contributed by atoms with Gasteiger partial charge in [-0.2, -0.15) is 5.21 Å². The van der Waals surface area contributed by atoms with Gasteiger partial charge in [-0.25, -0.2) is 4.79 Å². The van der Waals surface area contributed by atoms with Crippen molar-refractivity contribution in [2.24, 2.45) is 0 Å². The van der Waals surface area contributed by atoms with Gasteiger partial charge >= 0.3 is 6.03 Å². The highest BCUT2D eigenvalue weighted by atomic mass is 16.6. The number of carbonyl (C=O) groups excluding carboxylic acids is 1. The van der Waals surface area contributed by atoms with Crippen LogP contribution in [0, 0.1) is 0 Å². The molecule has 3 N–H and O–H groups in total. The Morgan fingerprint density at radius 3 is 2.95 bits per heavy atom. The van der Waals surface area contributed by atoms with E-state index in [1.54, 1.807) is 18.2 Å². The summed E-state index contributed by atoms with van der Waals surface area (Å²) in [4.78, 5) is 11.8. The molecule has 1 aliphatic rings. The van der Waals surface area contributed by atoms with Crippen LogP contribution < -0.4 is 20.1 Å². The van der Waals surface area contributed by atoms with E-state index in [-0.39, 0.29) is 6.03 Å². The number of rotatable bonds is 4. The van der Waals surface area contributed by atoms with Crippen LogP contribution in [0.15, 0.2) is 18.2 Å². The van der Waals surface area contributed by atoms with Crippen molar-refractivity contribution >= 4 is 11.7 Å². The Morgan fingerprint density at radius 2 is 2.14 bits per heavy atom. The van der Waals surface area contributed by atoms with Crippen molar-refractivity contribution in [2.75, 3.05) is 25.1 Å². The summed E-state index contributed by atoms with van der Waals surface area (Å²) in [5.74, 6) is 1.87. The van der Waals surface area contributed by atoms with E-state index in [1.165, 1.54) is 0 Å². The molecule has 0 saturated carbocycles. The quantitative estimate of drug-likeness (QED) is 0.748. The molecule has 110 valence electrons. The second-order valence-electron chi connectivity index (χ2n) is 4.32. The van der Waals surface area contributed by atoms with Crippen LogP contribution in [0.3, 0.4) is 0 Å². The molecule has 2 heterocycles. The van der Waals surface area contributed by atoms with Crippen LogP contribution in [0.1, 0.15) is 5.82 Å². The molecule has 2 aromatic rings. The maximum atomic E-state index is 11.8. The summed E-state index contributed by atoms with van der Waals surface area (Å²) in [6.45, 7) is 1.46. The first-order valence-corrected chi connectivity index (χ1v) is 6.48. The number of fused-ring (bicyclic) bond motifs is 1. The lowest BCUT2D eigenvalue weighted by Gasteiger charge is -2.19. The molecule has 0 fully saturated rings. The lowest BCUT2D eigenvalue weighted by molar-refractivity contribution is 0.171. The monoisotopic (exact) mass is 290 g/mol. The van der Waals surface area contributed by atoms with E-state index >= 15 is 0 Å². The van der Waals surface area contributed by atoms with Crippen molar-refractivity contribution in [1.82, 2.24) is 25.9 Å². The number of urea groups is 1. The number of tetrazole rings is 1. The van der Waals surface area contributed by atoms with Gasteiger partial charge in [0, 0.05) is 24.7 Å². The molecule has 1 aromatic carbocycles. The average Bonchev–Trinajstić information content (AvgIpc) is 3.00. The van der Waals surface area contributed by atoms with Gasteiger partial charge in [-0.05, 0) is 12.1 Å². The fourth-order valence-electron chi connectivity index (χ4n) is 1.87. The normalized spacial score (nSPS) is 12.8. The number of carbonyl (C=O) groups is 1. The zero-order valence-corrected chi connectivity index (χ0v) is 11.1. The minimum atomic E-state index is -0.310. The molecule has 2 amide bonds. The zero-order valence-electron chi connectivity index (χ0n) is 11.1. The number of hydrogen-bond donors (Lipinski definition) is 3. The molecule has 0 spiro atoms. The van der Waals surface area contributed by atoms with Gasteiger partial charge in [0.25, 0.3) is 0 Å². The molecule has 0 bridgehead atoms. The van der Waals surface area contributed by atoms with Crippen LogP contribution in [-0.4, -0.2) is 46.4 Å². The number of amides is 2. The zero-order chi connectivity index (χ0) is 14.5. The van der Waals surface area contributed by atoms with E-state index < -0.39 is 0 Å². The molecular weight excluding hydrogens is 276 g/mol. The van der Waals surface area contributed by atoms with Crippen molar-refractivity contribution in [3.8, 4) is 11.5 Å². The second-order valence-corrected chi connectivity index (χ2v) is 4.32. The molecule has 0 unspecified atom stereocenters. The molecule has 0 aliphatic carbocycles. The first-order valence-electron chi connectivity index (χ1n) is 6.48. The summed E-state index contributed by atoms with van der Waals surface area (Å²) >= 11 is 0. The number of H-pyrrole nitrogens is 1. The van der Waals surface area contributed by atoms with E-state index in [0.29, 0.717) is 49.2 Å². The molecule has 0 radical (unpaired) electrons. The Balaban J connectivity index is 1.50. The van der Waals surface area contributed by atoms with Crippen LogP contribution in [-0.2, 0) is 6.42 Å². The fraction of sp³-hybridized carbons (Fsp3) is 0.333. The lowest BCUT2D eigenvalue weighted by Crippen LogP contribution is -2.30. The van der Waals surface area contributed by atoms with E-state index in [0.717, 1.165) is 0 Å². The van der Waals surface area contributed by atoms with Crippen LogP contribution in [0.25, 0.3) is 0 Å². The molecule has 9 heteroatoms. The Morgan fingerprint density at radius 1 is 1.29 bits per heavy atom. The van der Waals surface area contributed by atoms with Crippen molar-refractivity contribution in [3.63, 3.8) is 0 Å². The maximum absolute atomic E-state index is 11.8. The Bertz CT molecular complexity index is 615. The van der Waals surface area contributed by atoms with Crippen molar-refractivity contribution in [1.29, 1.82) is 0 Å². The van der Waals surface area contributed by atoms with Crippen LogP contribution in [0.5, 0.6) is 11.5 Å². The van der Waals surface area contributed by atoms with Gasteiger partial charge in [-0.15, -0.1) is 10.2 Å². The summed E-state index contributed by atoms with van der Waals surface area (Å²) in [7, 11) is 0. The first kappa shape index (κ1) is 13.2. The minimum Gasteiger partial charge on any atom is -0.486 e. The Labute approximate surface area is 120 Å². The fourth-order valence-corrected chi connectivity index (χ4v) is 1.87. The van der Waals surface area contributed by atoms with Crippen LogP contribution >= 0.6 is 0 Å². The second kappa shape index (κ2) is 6.07. The van der Waals surface area contributed by atoms with Crippen molar-refractivity contribution in [2.45, 2.75) is 6.42 Å². The van der Waals surface area contributed by atoms with Gasteiger partial charge in [0.1, 0.15) is 13.2 Å². The van der Waals surface area contributed by atoms with E-state index in [9.17, 15) is 4.79 Å². The third-order valence-corrected chi connectivity index (χ3v) is 2.82. The summed E-state index contributed by atoms with van der Waals surface area (Å²) in [5.41, 5.74) is 0.635. The standard InChI is InChI=1S/C12H14N6O3/c19-12(13-4-3-11-15-17-18-16-11)14-8-1-2-9-10(7-8)21-6-5-20-9/h1-2,7H,3-6H2,(H2,13,14,19)(H,15,16,17,18). The number of benzene rings is 1. The number of nitrogens with one attached hydrogen (secondary N) is 3. The molecule has 3 rings (SSSR count). The van der Waals surface area contributed by atoms with Gasteiger partial charge < -0.3 is 20.1 Å². The van der Waals surface area contributed by atoms with Gasteiger partial charge in [-0.3, -0.25) is 0 Å². The number of aromatic amines is 1. The van der Waals surface area contributed by atoms with Crippen molar-refractivity contribution < 1.29 is 14.3 Å². The SMILES string of the molecule is O=C(NCCc1nn[nH]n1)Nc1ccc2c(c1)OCCO2. The van der Waals surface area contributed by atoms with Crippen molar-refractivity contribution in [3.05, 3.63) is 24.0 Å². The number of anilines is 1. The molecule has 1 aliphatic heterocycles. The van der Waals surface area contributed by atoms with E-state index in [4.69, 9.17) is 9.47 Å². The number of nitrogens with zero attached hydrogens (tertiary/aromatic N) is 3. The summed E-state index contributed by atoms with van der Waals surface area (Å²) < 4.78 is 10.9. The number of ether oxygens (including phenoxy) is 2. The molecule has 0 saturated heterocycles. The highest BCUT2D eigenvalue weighted by molar-refractivity contribution is 5.89. The molecule has 21 heavy (non-hydrogen) atoms. The molecule has 1 aromatic heterocycles.